The van der Waals surface area contributed by atoms with E-state index in [4.69, 9.17) is 32.7 Å². The van der Waals surface area contributed by atoms with E-state index in [1.54, 1.807) is 26.4 Å². The van der Waals surface area contributed by atoms with E-state index in [1.165, 1.54) is 5.56 Å². The first-order valence-electron chi connectivity index (χ1n) is 12.5. The summed E-state index contributed by atoms with van der Waals surface area (Å²) in [6.45, 7) is 0.0891. The van der Waals surface area contributed by atoms with Gasteiger partial charge < -0.3 is 20.1 Å². The molecule has 3 aromatic carbocycles. The Morgan fingerprint density at radius 2 is 1.79 bits per heavy atom. The number of nitrogens with zero attached hydrogens (tertiary/aromatic N) is 1. The SMILES string of the molecule is COc1cc2c(cc1OC)C(Cc1ccc(Cl)c(Cl)c1)N(CC(=O)NC1CCc3ccccc31)CC(=O)N2. The zero-order valence-electron chi connectivity index (χ0n) is 21.2. The number of aryl methyl sites for hydroxylation is 1. The molecule has 9 heteroatoms. The number of hydrogen-bond acceptors (Lipinski definition) is 5. The Morgan fingerprint density at radius 1 is 1.03 bits per heavy atom. The summed E-state index contributed by atoms with van der Waals surface area (Å²) in [5.74, 6) is 0.691. The van der Waals surface area contributed by atoms with Crippen LogP contribution in [0, 0.1) is 0 Å². The van der Waals surface area contributed by atoms with Crippen molar-refractivity contribution in [3.63, 3.8) is 0 Å². The van der Waals surface area contributed by atoms with Crippen LogP contribution in [0.25, 0.3) is 0 Å². The van der Waals surface area contributed by atoms with Crippen molar-refractivity contribution in [3.05, 3.63) is 86.9 Å². The summed E-state index contributed by atoms with van der Waals surface area (Å²) in [4.78, 5) is 28.3. The molecule has 2 unspecified atom stereocenters. The molecule has 0 saturated heterocycles. The number of amides is 2. The molecule has 3 aromatic rings. The van der Waals surface area contributed by atoms with E-state index in [0.717, 1.165) is 29.5 Å². The third-order valence-electron chi connectivity index (χ3n) is 7.20. The Morgan fingerprint density at radius 3 is 2.55 bits per heavy atom. The van der Waals surface area contributed by atoms with Gasteiger partial charge in [-0.25, -0.2) is 0 Å². The summed E-state index contributed by atoms with van der Waals surface area (Å²) < 4.78 is 11.0. The standard InChI is InChI=1S/C29H29Cl2N3O4/c1-37-26-13-20-24(14-27(26)38-2)33-29(36)16-34(25(20)12-17-7-9-21(30)22(31)11-17)15-28(35)32-23-10-8-18-5-3-4-6-19(18)23/h3-7,9,11,13-14,23,25H,8,10,12,15-16H2,1-2H3,(H,32,35)(H,33,36). The number of nitrogens with one attached hydrogen (secondary N) is 2. The normalized spacial score (nSPS) is 18.7. The summed E-state index contributed by atoms with van der Waals surface area (Å²) in [6, 6.07) is 16.9. The first-order chi connectivity index (χ1) is 18.4. The second-order valence-electron chi connectivity index (χ2n) is 9.57. The van der Waals surface area contributed by atoms with Gasteiger partial charge in [0.25, 0.3) is 0 Å². The number of rotatable bonds is 7. The minimum absolute atomic E-state index is 0.0373. The monoisotopic (exact) mass is 553 g/mol. The van der Waals surface area contributed by atoms with Crippen molar-refractivity contribution in [1.82, 2.24) is 10.2 Å². The Kier molecular flexibility index (Phi) is 7.79. The highest BCUT2D eigenvalue weighted by Crippen LogP contribution is 2.41. The summed E-state index contributed by atoms with van der Waals surface area (Å²) in [7, 11) is 3.12. The van der Waals surface area contributed by atoms with E-state index in [0.29, 0.717) is 33.7 Å². The van der Waals surface area contributed by atoms with Crippen molar-refractivity contribution in [1.29, 1.82) is 0 Å². The molecule has 0 spiro atoms. The predicted octanol–water partition coefficient (Wildman–Crippen LogP) is 5.35. The smallest absolute Gasteiger partial charge is 0.238 e. The maximum Gasteiger partial charge on any atom is 0.238 e. The molecule has 1 aliphatic heterocycles. The van der Waals surface area contributed by atoms with Crippen molar-refractivity contribution in [2.75, 3.05) is 32.6 Å². The van der Waals surface area contributed by atoms with E-state index in [1.807, 2.05) is 35.2 Å². The lowest BCUT2D eigenvalue weighted by Gasteiger charge is -2.30. The van der Waals surface area contributed by atoms with Gasteiger partial charge in [-0.05, 0) is 59.7 Å². The second-order valence-corrected chi connectivity index (χ2v) is 10.4. The van der Waals surface area contributed by atoms with Crippen LogP contribution in [-0.4, -0.2) is 44.0 Å². The van der Waals surface area contributed by atoms with Gasteiger partial charge in [-0.1, -0.05) is 53.5 Å². The van der Waals surface area contributed by atoms with Crippen LogP contribution in [0.1, 0.15) is 40.8 Å². The van der Waals surface area contributed by atoms with Crippen LogP contribution < -0.4 is 20.1 Å². The van der Waals surface area contributed by atoms with Crippen molar-refractivity contribution in [2.45, 2.75) is 31.3 Å². The van der Waals surface area contributed by atoms with Crippen LogP contribution >= 0.6 is 23.2 Å². The van der Waals surface area contributed by atoms with Crippen LogP contribution in [0.5, 0.6) is 11.5 Å². The van der Waals surface area contributed by atoms with Gasteiger partial charge >= 0.3 is 0 Å². The highest BCUT2D eigenvalue weighted by Gasteiger charge is 2.33. The molecule has 2 N–H and O–H groups in total. The van der Waals surface area contributed by atoms with Gasteiger partial charge in [-0.2, -0.15) is 0 Å². The van der Waals surface area contributed by atoms with Crippen LogP contribution in [0.2, 0.25) is 10.0 Å². The topological polar surface area (TPSA) is 79.9 Å². The highest BCUT2D eigenvalue weighted by molar-refractivity contribution is 6.42. The minimum Gasteiger partial charge on any atom is -0.493 e. The molecule has 1 aliphatic carbocycles. The zero-order chi connectivity index (χ0) is 26.8. The quantitative estimate of drug-likeness (QED) is 0.412. The fourth-order valence-corrected chi connectivity index (χ4v) is 5.71. The number of methoxy groups -OCH3 is 2. The first kappa shape index (κ1) is 26.4. The molecule has 2 aliphatic rings. The molecule has 5 rings (SSSR count). The van der Waals surface area contributed by atoms with Gasteiger partial charge in [0.1, 0.15) is 0 Å². The van der Waals surface area contributed by atoms with E-state index in [2.05, 4.69) is 22.8 Å². The number of fused-ring (bicyclic) bond motifs is 2. The van der Waals surface area contributed by atoms with E-state index < -0.39 is 0 Å². The van der Waals surface area contributed by atoms with Crippen LogP contribution in [0.3, 0.4) is 0 Å². The van der Waals surface area contributed by atoms with Crippen LogP contribution in [0.4, 0.5) is 5.69 Å². The molecule has 1 heterocycles. The van der Waals surface area contributed by atoms with E-state index in [9.17, 15) is 9.59 Å². The highest BCUT2D eigenvalue weighted by atomic mass is 35.5. The molecule has 2 amide bonds. The van der Waals surface area contributed by atoms with Gasteiger partial charge in [0.15, 0.2) is 11.5 Å². The molecule has 0 radical (unpaired) electrons. The third kappa shape index (κ3) is 5.46. The van der Waals surface area contributed by atoms with Gasteiger partial charge in [-0.15, -0.1) is 0 Å². The second kappa shape index (κ2) is 11.2. The molecule has 198 valence electrons. The summed E-state index contributed by atoms with van der Waals surface area (Å²) >= 11 is 12.5. The lowest BCUT2D eigenvalue weighted by Crippen LogP contribution is -2.42. The molecule has 0 fully saturated rings. The fraction of sp³-hybridized carbons (Fsp3) is 0.310. The summed E-state index contributed by atoms with van der Waals surface area (Å²) in [5.41, 5.74) is 4.78. The Hall–Kier alpha value is -3.26. The van der Waals surface area contributed by atoms with Gasteiger partial charge in [0.2, 0.25) is 11.8 Å². The number of benzene rings is 3. The molecule has 38 heavy (non-hydrogen) atoms. The fourth-order valence-electron chi connectivity index (χ4n) is 5.39. The van der Waals surface area contributed by atoms with Crippen LogP contribution in [-0.2, 0) is 22.4 Å². The number of halogens is 2. The maximum absolute atomic E-state index is 13.4. The van der Waals surface area contributed by atoms with Gasteiger partial charge in [0.05, 0.1) is 43.4 Å². The minimum atomic E-state index is -0.331. The molecule has 0 saturated carbocycles. The molecule has 7 nitrogen and oxygen atoms in total. The maximum atomic E-state index is 13.4. The van der Waals surface area contributed by atoms with Crippen molar-refractivity contribution >= 4 is 40.7 Å². The van der Waals surface area contributed by atoms with Crippen molar-refractivity contribution < 1.29 is 19.1 Å². The Bertz CT molecular complexity index is 1380. The zero-order valence-corrected chi connectivity index (χ0v) is 22.7. The van der Waals surface area contributed by atoms with E-state index >= 15 is 0 Å². The number of carbonyl (C=O) groups excluding carboxylic acids is 2. The number of ether oxygens (including phenoxy) is 2. The first-order valence-corrected chi connectivity index (χ1v) is 13.2. The van der Waals surface area contributed by atoms with Crippen LogP contribution in [0.15, 0.2) is 54.6 Å². The molecule has 2 atom stereocenters. The largest absolute Gasteiger partial charge is 0.493 e. The third-order valence-corrected chi connectivity index (χ3v) is 7.94. The Balaban J connectivity index is 1.47. The predicted molar refractivity (Wildman–Crippen MR) is 148 cm³/mol. The van der Waals surface area contributed by atoms with Gasteiger partial charge in [0, 0.05) is 17.8 Å². The van der Waals surface area contributed by atoms with Crippen molar-refractivity contribution in [3.8, 4) is 11.5 Å². The molecule has 0 aromatic heterocycles. The lowest BCUT2D eigenvalue weighted by molar-refractivity contribution is -0.124. The molecular weight excluding hydrogens is 525 g/mol. The summed E-state index contributed by atoms with van der Waals surface area (Å²) in [5, 5.41) is 7.08. The van der Waals surface area contributed by atoms with E-state index in [-0.39, 0.29) is 37.0 Å². The Labute approximate surface area is 232 Å². The van der Waals surface area contributed by atoms with Crippen molar-refractivity contribution in [2.24, 2.45) is 0 Å². The molecule has 0 bridgehead atoms. The number of carbonyl (C=O) groups is 2. The average Bonchev–Trinajstić information content (AvgIpc) is 3.26. The average molecular weight is 554 g/mol. The number of anilines is 1. The number of hydrogen-bond donors (Lipinski definition) is 2. The summed E-state index contributed by atoms with van der Waals surface area (Å²) in [6.07, 6.45) is 2.29. The molecular formula is C29H29Cl2N3O4. The lowest BCUT2D eigenvalue weighted by atomic mass is 9.95. The van der Waals surface area contributed by atoms with Gasteiger partial charge in [-0.3, -0.25) is 14.5 Å².